The lowest BCUT2D eigenvalue weighted by Crippen LogP contribution is -2.23. The third-order valence-electron chi connectivity index (χ3n) is 3.79. The van der Waals surface area contributed by atoms with Gasteiger partial charge in [-0.25, -0.2) is 0 Å². The van der Waals surface area contributed by atoms with Crippen molar-refractivity contribution in [1.29, 1.82) is 0 Å². The van der Waals surface area contributed by atoms with Crippen LogP contribution >= 0.6 is 35.6 Å². The van der Waals surface area contributed by atoms with Crippen molar-refractivity contribution < 1.29 is 4.52 Å². The molecule has 6 nitrogen and oxygen atoms in total. The third-order valence-corrected chi connectivity index (χ3v) is 4.03. The van der Waals surface area contributed by atoms with Gasteiger partial charge in [-0.2, -0.15) is 4.98 Å². The van der Waals surface area contributed by atoms with Gasteiger partial charge in [0.25, 0.3) is 0 Å². The van der Waals surface area contributed by atoms with E-state index in [9.17, 15) is 0 Å². The summed E-state index contributed by atoms with van der Waals surface area (Å²) in [5.41, 5.74) is 8.91. The molecule has 3 aromatic rings. The zero-order valence-corrected chi connectivity index (χ0v) is 17.9. The Kier molecular flexibility index (Phi) is 8.05. The predicted octanol–water partition coefficient (Wildman–Crippen LogP) is 4.54. The first kappa shape index (κ1) is 21.2. The molecule has 0 spiro atoms. The van der Waals surface area contributed by atoms with E-state index < -0.39 is 0 Å². The first-order valence-electron chi connectivity index (χ1n) is 8.38. The highest BCUT2D eigenvalue weighted by Gasteiger charge is 2.08. The number of benzene rings is 2. The van der Waals surface area contributed by atoms with Crippen molar-refractivity contribution in [2.45, 2.75) is 19.8 Å². The van der Waals surface area contributed by atoms with E-state index in [0.717, 1.165) is 17.7 Å². The Balaban J connectivity index is 0.00000261. The molecule has 0 bridgehead atoms. The molecule has 1 heterocycles. The van der Waals surface area contributed by atoms with Gasteiger partial charge in [0.15, 0.2) is 5.96 Å². The van der Waals surface area contributed by atoms with Gasteiger partial charge in [0, 0.05) is 22.7 Å². The van der Waals surface area contributed by atoms with Crippen LogP contribution in [0.4, 0.5) is 5.69 Å². The Morgan fingerprint density at radius 1 is 1.22 bits per heavy atom. The van der Waals surface area contributed by atoms with E-state index in [-0.39, 0.29) is 24.0 Å². The fraction of sp³-hybridized carbons (Fsp3) is 0.211. The molecule has 0 unspecified atom stereocenters. The third kappa shape index (κ3) is 6.21. The minimum atomic E-state index is 0. The summed E-state index contributed by atoms with van der Waals surface area (Å²) in [6.45, 7) is 2.57. The SMILES string of the molecule is CCc1ccc(NC(N)=NCCc2nc(-c3cccc(Cl)c3)no2)cc1.I. The molecule has 142 valence electrons. The van der Waals surface area contributed by atoms with Crippen molar-refractivity contribution in [2.24, 2.45) is 10.7 Å². The van der Waals surface area contributed by atoms with Crippen LogP contribution in [0.2, 0.25) is 5.02 Å². The number of nitrogens with two attached hydrogens (primary N) is 1. The molecule has 2 aromatic carbocycles. The quantitative estimate of drug-likeness (QED) is 0.296. The summed E-state index contributed by atoms with van der Waals surface area (Å²) in [6, 6.07) is 15.4. The van der Waals surface area contributed by atoms with Crippen LogP contribution in [0.1, 0.15) is 18.4 Å². The molecule has 0 aliphatic rings. The maximum Gasteiger partial charge on any atom is 0.228 e. The number of aromatic nitrogens is 2. The number of halogens is 2. The van der Waals surface area contributed by atoms with Crippen molar-refractivity contribution >= 4 is 47.2 Å². The van der Waals surface area contributed by atoms with Crippen molar-refractivity contribution in [3.05, 3.63) is 65.0 Å². The summed E-state index contributed by atoms with van der Waals surface area (Å²) >= 11 is 5.98. The second-order valence-electron chi connectivity index (χ2n) is 5.71. The second-order valence-corrected chi connectivity index (χ2v) is 6.15. The molecule has 8 heteroatoms. The number of hydrogen-bond donors (Lipinski definition) is 2. The highest BCUT2D eigenvalue weighted by molar-refractivity contribution is 14.0. The van der Waals surface area contributed by atoms with Gasteiger partial charge in [-0.3, -0.25) is 4.99 Å². The largest absolute Gasteiger partial charge is 0.370 e. The van der Waals surface area contributed by atoms with Crippen molar-refractivity contribution in [2.75, 3.05) is 11.9 Å². The monoisotopic (exact) mass is 497 g/mol. The Hall–Kier alpha value is -2.13. The molecular weight excluding hydrogens is 477 g/mol. The summed E-state index contributed by atoms with van der Waals surface area (Å²) < 4.78 is 5.25. The van der Waals surface area contributed by atoms with Crippen LogP contribution in [0.3, 0.4) is 0 Å². The van der Waals surface area contributed by atoms with E-state index in [2.05, 4.69) is 39.5 Å². The number of nitrogens with zero attached hydrogens (tertiary/aromatic N) is 3. The van der Waals surface area contributed by atoms with Gasteiger partial charge >= 0.3 is 0 Å². The Labute approximate surface area is 180 Å². The first-order chi connectivity index (χ1) is 12.6. The average molecular weight is 498 g/mol. The molecule has 0 radical (unpaired) electrons. The van der Waals surface area contributed by atoms with Crippen molar-refractivity contribution in [3.8, 4) is 11.4 Å². The number of aryl methyl sites for hydroxylation is 1. The number of hydrogen-bond acceptors (Lipinski definition) is 4. The van der Waals surface area contributed by atoms with E-state index in [1.165, 1.54) is 5.56 Å². The normalized spacial score (nSPS) is 11.1. The number of guanidine groups is 1. The van der Waals surface area contributed by atoms with Crippen LogP contribution in [0.25, 0.3) is 11.4 Å². The van der Waals surface area contributed by atoms with E-state index in [1.807, 2.05) is 24.3 Å². The Bertz CT molecular complexity index is 895. The van der Waals surface area contributed by atoms with Crippen LogP contribution in [-0.4, -0.2) is 22.6 Å². The molecule has 0 atom stereocenters. The predicted molar refractivity (Wildman–Crippen MR) is 120 cm³/mol. The lowest BCUT2D eigenvalue weighted by atomic mass is 10.1. The molecule has 0 fully saturated rings. The van der Waals surface area contributed by atoms with E-state index in [1.54, 1.807) is 12.1 Å². The molecule has 0 amide bonds. The fourth-order valence-electron chi connectivity index (χ4n) is 2.38. The Morgan fingerprint density at radius 2 is 2.00 bits per heavy atom. The summed E-state index contributed by atoms with van der Waals surface area (Å²) in [7, 11) is 0. The minimum absolute atomic E-state index is 0. The van der Waals surface area contributed by atoms with E-state index >= 15 is 0 Å². The number of aliphatic imine (C=N–C) groups is 1. The molecule has 0 aliphatic heterocycles. The summed E-state index contributed by atoms with van der Waals surface area (Å²) in [5.74, 6) is 1.36. The highest BCUT2D eigenvalue weighted by atomic mass is 127. The van der Waals surface area contributed by atoms with Gasteiger partial charge in [-0.05, 0) is 36.2 Å². The maximum absolute atomic E-state index is 5.98. The lowest BCUT2D eigenvalue weighted by molar-refractivity contribution is 0.380. The molecule has 3 rings (SSSR count). The van der Waals surface area contributed by atoms with Crippen molar-refractivity contribution in [3.63, 3.8) is 0 Å². The van der Waals surface area contributed by atoms with Crippen LogP contribution in [0, 0.1) is 0 Å². The molecule has 3 N–H and O–H groups in total. The fourth-order valence-corrected chi connectivity index (χ4v) is 2.57. The Morgan fingerprint density at radius 3 is 2.70 bits per heavy atom. The summed E-state index contributed by atoms with van der Waals surface area (Å²) in [4.78, 5) is 8.64. The first-order valence-corrected chi connectivity index (χ1v) is 8.76. The maximum atomic E-state index is 5.98. The zero-order valence-electron chi connectivity index (χ0n) is 14.9. The molecule has 27 heavy (non-hydrogen) atoms. The molecular formula is C19H21ClIN5O. The second kappa shape index (κ2) is 10.3. The summed E-state index contributed by atoms with van der Waals surface area (Å²) in [5, 5.41) is 7.66. The molecule has 1 aromatic heterocycles. The van der Waals surface area contributed by atoms with E-state index in [0.29, 0.717) is 35.7 Å². The zero-order chi connectivity index (χ0) is 18.4. The van der Waals surface area contributed by atoms with Crippen molar-refractivity contribution in [1.82, 2.24) is 10.1 Å². The number of rotatable bonds is 6. The van der Waals surface area contributed by atoms with Crippen LogP contribution in [0.5, 0.6) is 0 Å². The molecule has 0 saturated carbocycles. The molecule has 0 saturated heterocycles. The number of anilines is 1. The topological polar surface area (TPSA) is 89.3 Å². The highest BCUT2D eigenvalue weighted by Crippen LogP contribution is 2.20. The van der Waals surface area contributed by atoms with Gasteiger partial charge in [-0.1, -0.05) is 47.9 Å². The number of nitrogens with one attached hydrogen (secondary N) is 1. The molecule has 0 aliphatic carbocycles. The van der Waals surface area contributed by atoms with Gasteiger partial charge < -0.3 is 15.6 Å². The summed E-state index contributed by atoms with van der Waals surface area (Å²) in [6.07, 6.45) is 1.51. The van der Waals surface area contributed by atoms with Gasteiger partial charge in [0.05, 0.1) is 6.54 Å². The van der Waals surface area contributed by atoms with E-state index in [4.69, 9.17) is 21.9 Å². The van der Waals surface area contributed by atoms with Crippen LogP contribution < -0.4 is 11.1 Å². The van der Waals surface area contributed by atoms with Gasteiger partial charge in [0.1, 0.15) is 0 Å². The van der Waals surface area contributed by atoms with Crippen LogP contribution in [-0.2, 0) is 12.8 Å². The van der Waals surface area contributed by atoms with Gasteiger partial charge in [0.2, 0.25) is 11.7 Å². The average Bonchev–Trinajstić information content (AvgIpc) is 3.11. The van der Waals surface area contributed by atoms with Gasteiger partial charge in [-0.15, -0.1) is 24.0 Å². The standard InChI is InChI=1S/C19H20ClN5O.HI/c1-2-13-6-8-16(9-7-13)23-19(21)22-11-10-17-24-18(25-26-17)14-4-3-5-15(20)12-14;/h3-9,12H,2,10-11H2,1H3,(H3,21,22,23);1H. The minimum Gasteiger partial charge on any atom is -0.370 e. The lowest BCUT2D eigenvalue weighted by Gasteiger charge is -2.06. The smallest absolute Gasteiger partial charge is 0.228 e. The van der Waals surface area contributed by atoms with Crippen LogP contribution in [0.15, 0.2) is 58.0 Å².